The molecule has 0 aliphatic heterocycles. The van der Waals surface area contributed by atoms with E-state index in [2.05, 4.69) is 0 Å². The monoisotopic (exact) mass is 154 g/mol. The summed E-state index contributed by atoms with van der Waals surface area (Å²) in [5.41, 5.74) is 5.30. The molecule has 1 rings (SSSR count). The minimum Gasteiger partial charge on any atom is -0.395 e. The molecule has 0 saturated heterocycles. The van der Waals surface area contributed by atoms with Gasteiger partial charge in [-0.1, -0.05) is 0 Å². The Kier molecular flexibility index (Phi) is 2.28. The molecule has 0 bridgehead atoms. The van der Waals surface area contributed by atoms with E-state index in [9.17, 15) is 4.79 Å². The first-order valence-corrected chi connectivity index (χ1v) is 3.31. The standard InChI is InChI=1S/C7H10N2O2/c8-6-2-1-3-9(4-5-10)7(6)11/h1-3,10H,4-5,8H2. The quantitative estimate of drug-likeness (QED) is 0.599. The summed E-state index contributed by atoms with van der Waals surface area (Å²) in [6, 6.07) is 3.21. The van der Waals surface area contributed by atoms with E-state index in [0.29, 0.717) is 6.54 Å². The lowest BCUT2D eigenvalue weighted by Gasteiger charge is -2.01. The molecule has 0 spiro atoms. The topological polar surface area (TPSA) is 68.2 Å². The van der Waals surface area contributed by atoms with Gasteiger partial charge < -0.3 is 15.4 Å². The van der Waals surface area contributed by atoms with Gasteiger partial charge >= 0.3 is 0 Å². The largest absolute Gasteiger partial charge is 0.395 e. The number of aromatic nitrogens is 1. The van der Waals surface area contributed by atoms with Crippen molar-refractivity contribution in [3.8, 4) is 0 Å². The highest BCUT2D eigenvalue weighted by Crippen LogP contribution is 1.90. The molecule has 1 heterocycles. The maximum atomic E-state index is 11.1. The van der Waals surface area contributed by atoms with Crippen LogP contribution >= 0.6 is 0 Å². The smallest absolute Gasteiger partial charge is 0.273 e. The highest BCUT2D eigenvalue weighted by atomic mass is 16.3. The average Bonchev–Trinajstić information content (AvgIpc) is 1.99. The Bertz CT molecular complexity index is 293. The van der Waals surface area contributed by atoms with Gasteiger partial charge in [-0.25, -0.2) is 0 Å². The molecular weight excluding hydrogens is 144 g/mol. The van der Waals surface area contributed by atoms with Crippen LogP contribution < -0.4 is 11.3 Å². The van der Waals surface area contributed by atoms with Crippen molar-refractivity contribution in [3.05, 3.63) is 28.7 Å². The van der Waals surface area contributed by atoms with Crippen molar-refractivity contribution in [2.75, 3.05) is 12.3 Å². The van der Waals surface area contributed by atoms with Crippen LogP contribution in [-0.2, 0) is 6.54 Å². The van der Waals surface area contributed by atoms with E-state index < -0.39 is 0 Å². The molecule has 0 aromatic carbocycles. The summed E-state index contributed by atoms with van der Waals surface area (Å²) in [4.78, 5) is 11.1. The fraction of sp³-hybridized carbons (Fsp3) is 0.286. The summed E-state index contributed by atoms with van der Waals surface area (Å²) in [5, 5.41) is 8.53. The molecule has 0 saturated carbocycles. The van der Waals surface area contributed by atoms with Crippen molar-refractivity contribution in [3.63, 3.8) is 0 Å². The normalized spacial score (nSPS) is 9.91. The number of rotatable bonds is 2. The Balaban J connectivity index is 3.07. The number of hydrogen-bond acceptors (Lipinski definition) is 3. The summed E-state index contributed by atoms with van der Waals surface area (Å²) in [6.45, 7) is 0.243. The van der Waals surface area contributed by atoms with Crippen LogP contribution in [0.4, 0.5) is 5.69 Å². The first-order chi connectivity index (χ1) is 5.25. The van der Waals surface area contributed by atoms with Crippen molar-refractivity contribution in [2.45, 2.75) is 6.54 Å². The van der Waals surface area contributed by atoms with Gasteiger partial charge in [-0.2, -0.15) is 0 Å². The van der Waals surface area contributed by atoms with Gasteiger partial charge in [-0.3, -0.25) is 4.79 Å². The molecule has 3 N–H and O–H groups in total. The molecule has 1 aromatic rings. The summed E-state index contributed by atoms with van der Waals surface area (Å²) in [5.74, 6) is 0. The highest BCUT2D eigenvalue weighted by Gasteiger charge is 1.96. The number of aliphatic hydroxyl groups is 1. The van der Waals surface area contributed by atoms with Gasteiger partial charge in [0.2, 0.25) is 0 Å². The zero-order valence-corrected chi connectivity index (χ0v) is 6.03. The molecule has 0 unspecified atom stereocenters. The Morgan fingerprint density at radius 1 is 1.64 bits per heavy atom. The number of anilines is 1. The van der Waals surface area contributed by atoms with E-state index >= 15 is 0 Å². The SMILES string of the molecule is Nc1cccn(CCO)c1=O. The molecule has 0 aliphatic rings. The number of hydrogen-bond donors (Lipinski definition) is 2. The Morgan fingerprint density at radius 2 is 2.36 bits per heavy atom. The second-order valence-corrected chi connectivity index (χ2v) is 2.19. The molecule has 11 heavy (non-hydrogen) atoms. The van der Waals surface area contributed by atoms with Crippen molar-refractivity contribution >= 4 is 5.69 Å². The Hall–Kier alpha value is -1.29. The van der Waals surface area contributed by atoms with Gasteiger partial charge in [0.05, 0.1) is 12.3 Å². The van der Waals surface area contributed by atoms with Crippen LogP contribution in [0.25, 0.3) is 0 Å². The Labute approximate surface area is 63.9 Å². The maximum Gasteiger partial charge on any atom is 0.273 e. The second-order valence-electron chi connectivity index (χ2n) is 2.19. The molecule has 4 nitrogen and oxygen atoms in total. The lowest BCUT2D eigenvalue weighted by Crippen LogP contribution is -2.23. The molecule has 0 fully saturated rings. The van der Waals surface area contributed by atoms with Gasteiger partial charge in [-0.15, -0.1) is 0 Å². The first kappa shape index (κ1) is 7.81. The average molecular weight is 154 g/mol. The molecule has 0 radical (unpaired) electrons. The third kappa shape index (κ3) is 1.59. The van der Waals surface area contributed by atoms with Gasteiger partial charge in [0.1, 0.15) is 0 Å². The van der Waals surface area contributed by atoms with E-state index in [-0.39, 0.29) is 17.9 Å². The van der Waals surface area contributed by atoms with E-state index in [4.69, 9.17) is 10.8 Å². The van der Waals surface area contributed by atoms with Crippen molar-refractivity contribution in [1.82, 2.24) is 4.57 Å². The number of nitrogen functional groups attached to an aromatic ring is 1. The predicted octanol–water partition coefficient (Wildman–Crippen LogP) is -0.577. The van der Waals surface area contributed by atoms with Gasteiger partial charge in [0.25, 0.3) is 5.56 Å². The van der Waals surface area contributed by atoms with Crippen LogP contribution in [0.2, 0.25) is 0 Å². The fourth-order valence-corrected chi connectivity index (χ4v) is 0.839. The first-order valence-electron chi connectivity index (χ1n) is 3.31. The lowest BCUT2D eigenvalue weighted by atomic mass is 10.4. The van der Waals surface area contributed by atoms with E-state index in [1.165, 1.54) is 10.6 Å². The highest BCUT2D eigenvalue weighted by molar-refractivity contribution is 5.33. The maximum absolute atomic E-state index is 11.1. The lowest BCUT2D eigenvalue weighted by molar-refractivity contribution is 0.274. The van der Waals surface area contributed by atoms with Gasteiger partial charge in [0, 0.05) is 12.7 Å². The second kappa shape index (κ2) is 3.21. The minimum absolute atomic E-state index is 0.0522. The van der Waals surface area contributed by atoms with Gasteiger partial charge in [0.15, 0.2) is 0 Å². The molecule has 0 atom stereocenters. The number of nitrogens with two attached hydrogens (primary N) is 1. The number of aliphatic hydroxyl groups excluding tert-OH is 1. The van der Waals surface area contributed by atoms with Crippen molar-refractivity contribution < 1.29 is 5.11 Å². The fourth-order valence-electron chi connectivity index (χ4n) is 0.839. The summed E-state index contributed by atoms with van der Waals surface area (Å²) in [7, 11) is 0. The molecule has 1 aromatic heterocycles. The van der Waals surface area contributed by atoms with Crippen LogP contribution in [0.3, 0.4) is 0 Å². The third-order valence-corrected chi connectivity index (χ3v) is 1.39. The third-order valence-electron chi connectivity index (χ3n) is 1.39. The Morgan fingerprint density at radius 3 is 3.00 bits per heavy atom. The van der Waals surface area contributed by atoms with E-state index in [1.54, 1.807) is 12.3 Å². The van der Waals surface area contributed by atoms with Crippen LogP contribution in [-0.4, -0.2) is 16.3 Å². The van der Waals surface area contributed by atoms with Crippen molar-refractivity contribution in [2.24, 2.45) is 0 Å². The molecule has 4 heteroatoms. The molecule has 60 valence electrons. The van der Waals surface area contributed by atoms with Gasteiger partial charge in [-0.05, 0) is 12.1 Å². The van der Waals surface area contributed by atoms with Crippen LogP contribution in [0, 0.1) is 0 Å². The summed E-state index contributed by atoms with van der Waals surface area (Å²) < 4.78 is 1.37. The zero-order chi connectivity index (χ0) is 8.27. The summed E-state index contributed by atoms with van der Waals surface area (Å²) >= 11 is 0. The molecule has 0 aliphatic carbocycles. The molecular formula is C7H10N2O2. The number of nitrogens with zero attached hydrogens (tertiary/aromatic N) is 1. The zero-order valence-electron chi connectivity index (χ0n) is 6.03. The molecule has 0 amide bonds. The van der Waals surface area contributed by atoms with Crippen molar-refractivity contribution in [1.29, 1.82) is 0 Å². The minimum atomic E-state index is -0.249. The van der Waals surface area contributed by atoms with Crippen LogP contribution in [0.5, 0.6) is 0 Å². The van der Waals surface area contributed by atoms with E-state index in [1.807, 2.05) is 0 Å². The number of pyridine rings is 1. The summed E-state index contributed by atoms with van der Waals surface area (Å²) in [6.07, 6.45) is 1.59. The van der Waals surface area contributed by atoms with Crippen LogP contribution in [0.1, 0.15) is 0 Å². The predicted molar refractivity (Wildman–Crippen MR) is 42.2 cm³/mol. The van der Waals surface area contributed by atoms with E-state index in [0.717, 1.165) is 0 Å². The van der Waals surface area contributed by atoms with Crippen LogP contribution in [0.15, 0.2) is 23.1 Å².